The molecule has 0 fully saturated rings. The molecule has 0 bridgehead atoms. The molecule has 1 aromatic carbocycles. The minimum Gasteiger partial charge on any atom is -0.488 e. The van der Waals surface area contributed by atoms with Gasteiger partial charge in [-0.05, 0) is 90.1 Å². The van der Waals surface area contributed by atoms with Crippen LogP contribution in [0.2, 0.25) is 36.3 Å². The van der Waals surface area contributed by atoms with Crippen LogP contribution in [-0.4, -0.2) is 27.7 Å². The number of allylic oxidation sites excluding steroid dienone is 2. The van der Waals surface area contributed by atoms with Crippen molar-refractivity contribution in [2.24, 2.45) is 0 Å². The molecule has 0 aliphatic heterocycles. The fraction of sp³-hybridized carbons (Fsp3) is 0.594. The van der Waals surface area contributed by atoms with E-state index in [-0.39, 0.29) is 16.5 Å². The van der Waals surface area contributed by atoms with Crippen LogP contribution in [-0.2, 0) is 33.5 Å². The molecule has 40 heavy (non-hydrogen) atoms. The second kappa shape index (κ2) is 14.0. The summed E-state index contributed by atoms with van der Waals surface area (Å²) in [6.07, 6.45) is 3.62. The molecule has 2 aromatic rings. The van der Waals surface area contributed by atoms with Gasteiger partial charge in [0.1, 0.15) is 12.4 Å². The summed E-state index contributed by atoms with van der Waals surface area (Å²) < 4.78 is 19.5. The van der Waals surface area contributed by atoms with Crippen LogP contribution in [0.25, 0.3) is 5.57 Å². The third-order valence-corrected chi connectivity index (χ3v) is 18.5. The van der Waals surface area contributed by atoms with Crippen molar-refractivity contribution in [2.75, 3.05) is 0 Å². The number of rotatable bonds is 14. The molecular weight excluding hydrogens is 553 g/mol. The van der Waals surface area contributed by atoms with Gasteiger partial charge in [0, 0.05) is 16.2 Å². The zero-order valence-corrected chi connectivity index (χ0v) is 29.5. The Morgan fingerprint density at radius 1 is 0.875 bits per heavy atom. The zero-order chi connectivity index (χ0) is 30.4. The van der Waals surface area contributed by atoms with Gasteiger partial charge in [-0.25, -0.2) is 0 Å². The van der Waals surface area contributed by atoms with Crippen molar-refractivity contribution in [2.45, 2.75) is 124 Å². The number of thiophene rings is 1. The molecule has 1 heterocycles. The summed E-state index contributed by atoms with van der Waals surface area (Å²) in [5.74, 6) is 0.0613. The highest BCUT2D eigenvalue weighted by atomic mass is 32.1. The third-order valence-electron chi connectivity index (χ3n) is 8.46. The molecule has 0 aliphatic carbocycles. The average Bonchev–Trinajstić information content (AvgIpc) is 3.30. The Hall–Kier alpha value is -1.72. The minimum atomic E-state index is -1.93. The summed E-state index contributed by atoms with van der Waals surface area (Å²) in [5.41, 5.74) is 3.48. The Morgan fingerprint density at radius 3 is 1.98 bits per heavy atom. The zero-order valence-electron chi connectivity index (χ0n) is 26.7. The second-order valence-corrected chi connectivity index (χ2v) is 24.4. The Bertz CT molecular complexity index is 1150. The van der Waals surface area contributed by atoms with Gasteiger partial charge < -0.3 is 18.7 Å². The monoisotopic (exact) mass is 604 g/mol. The van der Waals surface area contributed by atoms with Gasteiger partial charge in [-0.15, -0.1) is 11.3 Å². The molecular formula is C32H52O5SSi2. The lowest BCUT2D eigenvalue weighted by atomic mass is 10.1. The van der Waals surface area contributed by atoms with E-state index in [4.69, 9.17) is 18.7 Å². The average molecular weight is 605 g/mol. The lowest BCUT2D eigenvalue weighted by molar-refractivity contribution is -0.136. The molecule has 0 radical (unpaired) electrons. The molecule has 0 spiro atoms. The van der Waals surface area contributed by atoms with Crippen molar-refractivity contribution in [3.05, 3.63) is 57.3 Å². The van der Waals surface area contributed by atoms with Crippen LogP contribution >= 0.6 is 11.3 Å². The van der Waals surface area contributed by atoms with Crippen LogP contribution in [0.4, 0.5) is 0 Å². The normalized spacial score (nSPS) is 13.5. The standard InChI is InChI=1S/C32H52O5SSi2/c1-12-24(14-13-15-30(33)34)29-19-18-28(38-29)23-35-27-17-16-25(21-36-39(8,9)31(2,3)4)26(20-27)22-37-40(10,11)32(5,6)7/h14,16-20H,12-13,15,21-23H2,1-11H3,(H,33,34)/b24-14-. The molecule has 1 aromatic heterocycles. The maximum atomic E-state index is 10.9. The maximum Gasteiger partial charge on any atom is 0.303 e. The minimum absolute atomic E-state index is 0.134. The number of carboxylic acid groups (broad SMARTS) is 1. The molecule has 0 aliphatic rings. The number of aliphatic carboxylic acids is 1. The number of carbonyl (C=O) groups is 1. The number of benzene rings is 1. The van der Waals surface area contributed by atoms with Gasteiger partial charge in [-0.1, -0.05) is 60.6 Å². The Morgan fingerprint density at radius 2 is 1.45 bits per heavy atom. The van der Waals surface area contributed by atoms with Crippen molar-refractivity contribution in [3.63, 3.8) is 0 Å². The quantitative estimate of drug-likeness (QED) is 0.217. The third kappa shape index (κ3) is 9.98. The molecule has 0 saturated carbocycles. The summed E-state index contributed by atoms with van der Waals surface area (Å²) in [6.45, 7) is 26.5. The van der Waals surface area contributed by atoms with Gasteiger partial charge in [0.15, 0.2) is 16.6 Å². The Labute approximate surface area is 249 Å². The maximum absolute atomic E-state index is 10.9. The molecule has 224 valence electrons. The van der Waals surface area contributed by atoms with Crippen LogP contribution in [0, 0.1) is 0 Å². The van der Waals surface area contributed by atoms with Gasteiger partial charge in [0.2, 0.25) is 0 Å². The molecule has 0 saturated heterocycles. The molecule has 0 atom stereocenters. The first-order chi connectivity index (χ1) is 18.4. The molecule has 8 heteroatoms. The number of ether oxygens (including phenoxy) is 1. The highest BCUT2D eigenvalue weighted by molar-refractivity contribution is 7.13. The smallest absolute Gasteiger partial charge is 0.303 e. The molecule has 0 unspecified atom stereocenters. The molecule has 1 N–H and O–H groups in total. The van der Waals surface area contributed by atoms with Gasteiger partial charge in [-0.2, -0.15) is 0 Å². The summed E-state index contributed by atoms with van der Waals surface area (Å²) in [7, 11) is -3.82. The van der Waals surface area contributed by atoms with E-state index in [0.29, 0.717) is 26.2 Å². The fourth-order valence-electron chi connectivity index (χ4n) is 3.49. The van der Waals surface area contributed by atoms with Crippen LogP contribution in [0.5, 0.6) is 5.75 Å². The van der Waals surface area contributed by atoms with E-state index in [1.807, 2.05) is 12.1 Å². The molecule has 2 rings (SSSR count). The number of hydrogen-bond donors (Lipinski definition) is 1. The second-order valence-electron chi connectivity index (χ2n) is 13.6. The lowest BCUT2D eigenvalue weighted by Gasteiger charge is -2.37. The predicted molar refractivity (Wildman–Crippen MR) is 174 cm³/mol. The van der Waals surface area contributed by atoms with Crippen LogP contribution in [0.1, 0.15) is 88.6 Å². The van der Waals surface area contributed by atoms with Crippen molar-refractivity contribution in [3.8, 4) is 5.75 Å². The fourth-order valence-corrected chi connectivity index (χ4v) is 6.42. The topological polar surface area (TPSA) is 65.0 Å². The van der Waals surface area contributed by atoms with Crippen LogP contribution in [0.3, 0.4) is 0 Å². The van der Waals surface area contributed by atoms with Gasteiger partial charge in [-0.3, -0.25) is 4.79 Å². The van der Waals surface area contributed by atoms with Crippen molar-refractivity contribution in [1.29, 1.82) is 0 Å². The molecule has 5 nitrogen and oxygen atoms in total. The van der Waals surface area contributed by atoms with Crippen LogP contribution < -0.4 is 4.74 Å². The van der Waals surface area contributed by atoms with Crippen LogP contribution in [0.15, 0.2) is 36.4 Å². The van der Waals surface area contributed by atoms with E-state index in [1.165, 1.54) is 10.5 Å². The first-order valence-corrected chi connectivity index (χ1v) is 21.0. The van der Waals surface area contributed by atoms with E-state index in [1.54, 1.807) is 11.3 Å². The largest absolute Gasteiger partial charge is 0.488 e. The first kappa shape index (κ1) is 34.5. The van der Waals surface area contributed by atoms with Crippen molar-refractivity contribution >= 4 is 39.5 Å². The lowest BCUT2D eigenvalue weighted by Crippen LogP contribution is -2.41. The highest BCUT2D eigenvalue weighted by Gasteiger charge is 2.38. The summed E-state index contributed by atoms with van der Waals surface area (Å²) >= 11 is 1.71. The van der Waals surface area contributed by atoms with E-state index >= 15 is 0 Å². The first-order valence-electron chi connectivity index (χ1n) is 14.4. The van der Waals surface area contributed by atoms with Gasteiger partial charge >= 0.3 is 5.97 Å². The van der Waals surface area contributed by atoms with E-state index < -0.39 is 22.6 Å². The van der Waals surface area contributed by atoms with E-state index in [9.17, 15) is 4.79 Å². The Balaban J connectivity index is 2.21. The summed E-state index contributed by atoms with van der Waals surface area (Å²) in [4.78, 5) is 13.2. The van der Waals surface area contributed by atoms with Gasteiger partial charge in [0.05, 0.1) is 13.2 Å². The molecule has 0 amide bonds. The number of carboxylic acids is 1. The summed E-state index contributed by atoms with van der Waals surface area (Å²) in [5, 5.41) is 9.22. The number of hydrogen-bond acceptors (Lipinski definition) is 5. The van der Waals surface area contributed by atoms with E-state index in [0.717, 1.165) is 28.2 Å². The van der Waals surface area contributed by atoms with Crippen molar-refractivity contribution in [1.82, 2.24) is 0 Å². The predicted octanol–water partition coefficient (Wildman–Crippen LogP) is 10.0. The van der Waals surface area contributed by atoms with Gasteiger partial charge in [0.25, 0.3) is 0 Å². The van der Waals surface area contributed by atoms with E-state index in [2.05, 4.69) is 98.9 Å². The van der Waals surface area contributed by atoms with Crippen molar-refractivity contribution < 1.29 is 23.5 Å². The SMILES string of the molecule is CC/C(=C/CCC(=O)O)c1ccc(COc2ccc(CO[Si](C)(C)C(C)(C)C)c(CO[Si](C)(C)C(C)(C)C)c2)s1. The Kier molecular flexibility index (Phi) is 12.0. The highest BCUT2D eigenvalue weighted by Crippen LogP contribution is 2.39. The summed E-state index contributed by atoms with van der Waals surface area (Å²) in [6, 6.07) is 10.5.